The number of amides is 3. The van der Waals surface area contributed by atoms with Crippen molar-refractivity contribution in [1.29, 1.82) is 0 Å². The molecular formula is C25H35N3O4S. The number of unbranched alkanes of at least 4 members (excludes halogenated alkanes) is 1. The van der Waals surface area contributed by atoms with Gasteiger partial charge in [-0.3, -0.25) is 9.59 Å². The van der Waals surface area contributed by atoms with E-state index in [9.17, 15) is 14.4 Å². The number of benzene rings is 1. The van der Waals surface area contributed by atoms with Gasteiger partial charge in [0, 0.05) is 24.4 Å². The zero-order valence-electron chi connectivity index (χ0n) is 19.9. The Labute approximate surface area is 202 Å². The number of alkyl carbamates (subject to hydrolysis) is 1. The molecule has 2 atom stereocenters. The molecule has 33 heavy (non-hydrogen) atoms. The Bertz CT molecular complexity index is 873. The molecule has 0 heterocycles. The van der Waals surface area contributed by atoms with Crippen LogP contribution in [0.15, 0.2) is 36.9 Å². The van der Waals surface area contributed by atoms with Crippen molar-refractivity contribution in [3.8, 4) is 12.3 Å². The molecule has 7 nitrogen and oxygen atoms in total. The van der Waals surface area contributed by atoms with Gasteiger partial charge in [0.05, 0.1) is 0 Å². The predicted octanol–water partition coefficient (Wildman–Crippen LogP) is 3.46. The Kier molecular flexibility index (Phi) is 11.6. The van der Waals surface area contributed by atoms with Crippen molar-refractivity contribution < 1.29 is 19.1 Å². The van der Waals surface area contributed by atoms with Crippen molar-refractivity contribution in [3.63, 3.8) is 0 Å². The van der Waals surface area contributed by atoms with Crippen molar-refractivity contribution in [1.82, 2.24) is 15.5 Å². The zero-order valence-corrected chi connectivity index (χ0v) is 20.8. The average molecular weight is 474 g/mol. The third kappa shape index (κ3) is 8.85. The number of carbonyl (C=O) groups excluding carboxylic acids is 3. The Morgan fingerprint density at radius 2 is 1.97 bits per heavy atom. The van der Waals surface area contributed by atoms with E-state index in [1.54, 1.807) is 45.0 Å². The van der Waals surface area contributed by atoms with Gasteiger partial charge in [0.2, 0.25) is 11.8 Å². The van der Waals surface area contributed by atoms with Gasteiger partial charge in [-0.05, 0) is 38.8 Å². The number of ether oxygens (including phenoxy) is 1. The van der Waals surface area contributed by atoms with Gasteiger partial charge in [-0.2, -0.15) is 12.6 Å². The summed E-state index contributed by atoms with van der Waals surface area (Å²) in [6.07, 6.45) is 8.15. The van der Waals surface area contributed by atoms with E-state index >= 15 is 0 Å². The number of rotatable bonds is 11. The Hall–Kier alpha value is -2.92. The van der Waals surface area contributed by atoms with Gasteiger partial charge < -0.3 is 20.3 Å². The Morgan fingerprint density at radius 3 is 2.52 bits per heavy atom. The first-order valence-electron chi connectivity index (χ1n) is 10.9. The molecule has 0 aliphatic carbocycles. The predicted molar refractivity (Wildman–Crippen MR) is 134 cm³/mol. The number of thiol groups is 1. The smallest absolute Gasteiger partial charge is 0.408 e. The number of hydrogen-bond donors (Lipinski definition) is 3. The van der Waals surface area contributed by atoms with Crippen LogP contribution in [0.25, 0.3) is 0 Å². The first-order chi connectivity index (χ1) is 15.6. The monoisotopic (exact) mass is 473 g/mol. The summed E-state index contributed by atoms with van der Waals surface area (Å²) in [5, 5.41) is 5.44. The molecule has 0 aromatic heterocycles. The molecule has 0 aliphatic heterocycles. The fourth-order valence-corrected chi connectivity index (χ4v) is 3.35. The lowest BCUT2D eigenvalue weighted by Gasteiger charge is -2.34. The summed E-state index contributed by atoms with van der Waals surface area (Å²) < 4.78 is 5.27. The molecule has 180 valence electrons. The van der Waals surface area contributed by atoms with Gasteiger partial charge >= 0.3 is 6.09 Å². The second kappa shape index (κ2) is 13.6. The van der Waals surface area contributed by atoms with E-state index in [1.165, 1.54) is 11.0 Å². The van der Waals surface area contributed by atoms with Crippen LogP contribution in [0, 0.1) is 12.3 Å². The summed E-state index contributed by atoms with van der Waals surface area (Å²) in [5.74, 6) is 1.73. The second-order valence-electron chi connectivity index (χ2n) is 8.44. The van der Waals surface area contributed by atoms with Crippen molar-refractivity contribution in [2.75, 3.05) is 18.8 Å². The van der Waals surface area contributed by atoms with E-state index in [0.717, 1.165) is 12.8 Å². The minimum absolute atomic E-state index is 0.00663. The fourth-order valence-electron chi connectivity index (χ4n) is 3.10. The number of nitrogens with one attached hydrogen (secondary N) is 2. The van der Waals surface area contributed by atoms with Crippen LogP contribution in [0.3, 0.4) is 0 Å². The highest BCUT2D eigenvalue weighted by atomic mass is 32.1. The molecular weight excluding hydrogens is 438 g/mol. The molecule has 0 spiro atoms. The van der Waals surface area contributed by atoms with Gasteiger partial charge in [-0.15, -0.1) is 13.0 Å². The van der Waals surface area contributed by atoms with Crippen LogP contribution in [-0.4, -0.2) is 53.3 Å². The fraction of sp³-hybridized carbons (Fsp3) is 0.480. The molecule has 1 aromatic carbocycles. The van der Waals surface area contributed by atoms with Gasteiger partial charge in [-0.1, -0.05) is 43.5 Å². The minimum atomic E-state index is -1.02. The van der Waals surface area contributed by atoms with Crippen LogP contribution < -0.4 is 10.6 Å². The molecule has 0 saturated heterocycles. The van der Waals surface area contributed by atoms with E-state index in [4.69, 9.17) is 11.2 Å². The third-order valence-electron chi connectivity index (χ3n) is 4.58. The number of terminal acetylenes is 1. The van der Waals surface area contributed by atoms with Gasteiger partial charge in [0.25, 0.3) is 0 Å². The van der Waals surface area contributed by atoms with Crippen molar-refractivity contribution in [2.45, 2.75) is 58.2 Å². The standard InChI is InChI=1S/C25H35N3O4S/c1-7-10-15-26-22(29)21(19-14-12-11-13-18(19)9-3)28(16-8-2)23(30)20(17-33)27-24(31)32-25(4,5)6/h3,8,11-14,20-21,33H,2,7,10,15-17H2,1,4-6H3,(H,26,29)(H,27,31). The first-order valence-corrected chi connectivity index (χ1v) is 11.6. The summed E-state index contributed by atoms with van der Waals surface area (Å²) in [5.41, 5.74) is 0.277. The average Bonchev–Trinajstić information content (AvgIpc) is 2.76. The maximum absolute atomic E-state index is 13.5. The second-order valence-corrected chi connectivity index (χ2v) is 8.80. The lowest BCUT2D eigenvalue weighted by atomic mass is 9.97. The van der Waals surface area contributed by atoms with Crippen molar-refractivity contribution in [3.05, 3.63) is 48.0 Å². The molecule has 0 radical (unpaired) electrons. The van der Waals surface area contributed by atoms with E-state index in [0.29, 0.717) is 17.7 Å². The zero-order chi connectivity index (χ0) is 25.0. The summed E-state index contributed by atoms with van der Waals surface area (Å²) in [7, 11) is 0. The summed E-state index contributed by atoms with van der Waals surface area (Å²) in [6, 6.07) is 4.93. The SMILES string of the molecule is C#Cc1ccccc1C(C(=O)NCCCC)N(CC=C)C(=O)C(CS)NC(=O)OC(C)(C)C. The van der Waals surface area contributed by atoms with Crippen LogP contribution >= 0.6 is 12.6 Å². The normalized spacial score (nSPS) is 12.6. The molecule has 8 heteroatoms. The molecule has 1 aromatic rings. The van der Waals surface area contributed by atoms with Crippen LogP contribution in [0.2, 0.25) is 0 Å². The lowest BCUT2D eigenvalue weighted by Crippen LogP contribution is -2.54. The van der Waals surface area contributed by atoms with Crippen LogP contribution in [0.5, 0.6) is 0 Å². The molecule has 0 saturated carbocycles. The maximum atomic E-state index is 13.5. The number of hydrogen-bond acceptors (Lipinski definition) is 5. The van der Waals surface area contributed by atoms with E-state index < -0.39 is 29.7 Å². The van der Waals surface area contributed by atoms with E-state index in [-0.39, 0.29) is 18.2 Å². The van der Waals surface area contributed by atoms with Crippen molar-refractivity contribution >= 4 is 30.5 Å². The number of carbonyl (C=O) groups is 3. The minimum Gasteiger partial charge on any atom is -0.444 e. The van der Waals surface area contributed by atoms with Gasteiger partial charge in [0.1, 0.15) is 17.7 Å². The molecule has 2 unspecified atom stereocenters. The first kappa shape index (κ1) is 28.1. The van der Waals surface area contributed by atoms with E-state index in [1.807, 2.05) is 6.92 Å². The van der Waals surface area contributed by atoms with Gasteiger partial charge in [0.15, 0.2) is 0 Å². The Morgan fingerprint density at radius 1 is 1.30 bits per heavy atom. The van der Waals surface area contributed by atoms with E-state index in [2.05, 4.69) is 35.8 Å². The van der Waals surface area contributed by atoms with Crippen LogP contribution in [-0.2, 0) is 14.3 Å². The Balaban J connectivity index is 3.37. The quantitative estimate of drug-likeness (QED) is 0.199. The highest BCUT2D eigenvalue weighted by Crippen LogP contribution is 2.26. The maximum Gasteiger partial charge on any atom is 0.408 e. The molecule has 1 rings (SSSR count). The summed E-state index contributed by atoms with van der Waals surface area (Å²) >= 11 is 4.24. The van der Waals surface area contributed by atoms with Crippen molar-refractivity contribution in [2.24, 2.45) is 0 Å². The molecule has 0 aliphatic rings. The molecule has 2 N–H and O–H groups in total. The largest absolute Gasteiger partial charge is 0.444 e. The highest BCUT2D eigenvalue weighted by Gasteiger charge is 2.36. The number of nitrogens with zero attached hydrogens (tertiary/aromatic N) is 1. The van der Waals surface area contributed by atoms with Gasteiger partial charge in [-0.25, -0.2) is 4.79 Å². The lowest BCUT2D eigenvalue weighted by molar-refractivity contribution is -0.141. The highest BCUT2D eigenvalue weighted by molar-refractivity contribution is 7.80. The van der Waals surface area contributed by atoms with Crippen LogP contribution in [0.4, 0.5) is 4.79 Å². The summed E-state index contributed by atoms with van der Waals surface area (Å²) in [6.45, 7) is 11.4. The van der Waals surface area contributed by atoms with Crippen LogP contribution in [0.1, 0.15) is 57.7 Å². The third-order valence-corrected chi connectivity index (χ3v) is 4.95. The topological polar surface area (TPSA) is 87.7 Å². The molecule has 0 fully saturated rings. The molecule has 0 bridgehead atoms. The molecule has 3 amide bonds. The summed E-state index contributed by atoms with van der Waals surface area (Å²) in [4.78, 5) is 40.5.